The maximum Gasteiger partial charge on any atom is 0.204 e. The Hall–Kier alpha value is -1.86. The molecule has 0 aromatic heterocycles. The summed E-state index contributed by atoms with van der Waals surface area (Å²) in [5.74, 6) is 4.13. The van der Waals surface area contributed by atoms with Gasteiger partial charge in [-0.1, -0.05) is 5.92 Å². The molecule has 0 bridgehead atoms. The molecule has 0 heterocycles. The van der Waals surface area contributed by atoms with Gasteiger partial charge in [-0.15, -0.1) is 6.42 Å². The highest BCUT2D eigenvalue weighted by atomic mass is 16.5. The van der Waals surface area contributed by atoms with Gasteiger partial charge in [-0.05, 0) is 31.0 Å². The van der Waals surface area contributed by atoms with Crippen molar-refractivity contribution >= 4 is 0 Å². The van der Waals surface area contributed by atoms with Crippen LogP contribution in [0.5, 0.6) is 17.2 Å². The minimum absolute atomic E-state index is 0.0666. The zero-order valence-corrected chi connectivity index (χ0v) is 11.0. The highest BCUT2D eigenvalue weighted by Crippen LogP contribution is 2.38. The molecular weight excluding hydrogens is 230 g/mol. The highest BCUT2D eigenvalue weighted by molar-refractivity contribution is 5.54. The lowest BCUT2D eigenvalue weighted by Gasteiger charge is -2.15. The van der Waals surface area contributed by atoms with Crippen LogP contribution in [0.2, 0.25) is 0 Å². The third kappa shape index (κ3) is 3.57. The summed E-state index contributed by atoms with van der Waals surface area (Å²) in [5, 5.41) is 0. The quantitative estimate of drug-likeness (QED) is 0.778. The number of nitrogens with two attached hydrogens (primary N) is 1. The molecule has 4 heteroatoms. The van der Waals surface area contributed by atoms with Gasteiger partial charge in [-0.3, -0.25) is 0 Å². The molecule has 0 aliphatic heterocycles. The standard InChI is InChI=1S/C14H19NO3/c1-5-6-18-14-12(16-3)8-11(7-10(2)15)9-13(14)17-4/h1,8-10H,6-7,15H2,2-4H3. The molecule has 1 aromatic carbocycles. The van der Waals surface area contributed by atoms with Gasteiger partial charge in [0.25, 0.3) is 0 Å². The lowest BCUT2D eigenvalue weighted by molar-refractivity contribution is 0.304. The van der Waals surface area contributed by atoms with Crippen LogP contribution in [-0.2, 0) is 6.42 Å². The molecule has 4 nitrogen and oxygen atoms in total. The van der Waals surface area contributed by atoms with Gasteiger partial charge in [0, 0.05) is 6.04 Å². The second kappa shape index (κ2) is 6.77. The molecule has 1 rings (SSSR count). The Balaban J connectivity index is 3.12. The maximum atomic E-state index is 5.79. The van der Waals surface area contributed by atoms with Crippen LogP contribution in [0.15, 0.2) is 12.1 Å². The Labute approximate surface area is 108 Å². The monoisotopic (exact) mass is 249 g/mol. The van der Waals surface area contributed by atoms with Gasteiger partial charge in [0.05, 0.1) is 14.2 Å². The Morgan fingerprint density at radius 3 is 2.22 bits per heavy atom. The molecule has 98 valence electrons. The summed E-state index contributed by atoms with van der Waals surface area (Å²) >= 11 is 0. The second-order valence-corrected chi connectivity index (χ2v) is 4.00. The van der Waals surface area contributed by atoms with E-state index in [1.807, 2.05) is 19.1 Å². The van der Waals surface area contributed by atoms with E-state index in [0.717, 1.165) is 12.0 Å². The SMILES string of the molecule is C#CCOc1c(OC)cc(CC(C)N)cc1OC. The molecule has 0 aliphatic carbocycles. The van der Waals surface area contributed by atoms with Crippen molar-refractivity contribution in [2.24, 2.45) is 5.73 Å². The normalized spacial score (nSPS) is 11.5. The van der Waals surface area contributed by atoms with E-state index in [0.29, 0.717) is 17.2 Å². The number of methoxy groups -OCH3 is 2. The minimum atomic E-state index is 0.0666. The summed E-state index contributed by atoms with van der Waals surface area (Å²) in [7, 11) is 3.15. The minimum Gasteiger partial charge on any atom is -0.493 e. The molecule has 0 fully saturated rings. The number of terminal acetylenes is 1. The summed E-state index contributed by atoms with van der Waals surface area (Å²) in [6.45, 7) is 2.11. The summed E-state index contributed by atoms with van der Waals surface area (Å²) in [5.41, 5.74) is 6.82. The van der Waals surface area contributed by atoms with Gasteiger partial charge in [0.15, 0.2) is 11.5 Å². The molecule has 0 amide bonds. The number of rotatable bonds is 6. The van der Waals surface area contributed by atoms with E-state index in [1.54, 1.807) is 14.2 Å². The van der Waals surface area contributed by atoms with Crippen LogP contribution >= 0.6 is 0 Å². The van der Waals surface area contributed by atoms with Crippen LogP contribution in [0.4, 0.5) is 0 Å². The van der Waals surface area contributed by atoms with Crippen LogP contribution < -0.4 is 19.9 Å². The van der Waals surface area contributed by atoms with Crippen LogP contribution in [0, 0.1) is 12.3 Å². The number of hydrogen-bond acceptors (Lipinski definition) is 4. The van der Waals surface area contributed by atoms with Crippen LogP contribution in [0.3, 0.4) is 0 Å². The first-order chi connectivity index (χ1) is 8.62. The summed E-state index contributed by atoms with van der Waals surface area (Å²) in [6, 6.07) is 3.84. The molecule has 1 atom stereocenters. The van der Waals surface area contributed by atoms with E-state index in [1.165, 1.54) is 0 Å². The van der Waals surface area contributed by atoms with Crippen LogP contribution in [0.1, 0.15) is 12.5 Å². The third-order valence-electron chi connectivity index (χ3n) is 2.38. The van der Waals surface area contributed by atoms with E-state index >= 15 is 0 Å². The van der Waals surface area contributed by atoms with Crippen molar-refractivity contribution in [2.75, 3.05) is 20.8 Å². The maximum absolute atomic E-state index is 5.79. The first-order valence-electron chi connectivity index (χ1n) is 5.69. The Bertz CT molecular complexity index is 410. The number of hydrogen-bond donors (Lipinski definition) is 1. The van der Waals surface area contributed by atoms with Crippen molar-refractivity contribution in [3.63, 3.8) is 0 Å². The molecule has 1 aromatic rings. The smallest absolute Gasteiger partial charge is 0.204 e. The number of benzene rings is 1. The molecule has 0 saturated carbocycles. The average molecular weight is 249 g/mol. The van der Waals surface area contributed by atoms with Gasteiger partial charge < -0.3 is 19.9 Å². The molecule has 0 saturated heterocycles. The van der Waals surface area contributed by atoms with E-state index in [2.05, 4.69) is 5.92 Å². The van der Waals surface area contributed by atoms with Crippen molar-refractivity contribution in [3.05, 3.63) is 17.7 Å². The van der Waals surface area contributed by atoms with E-state index in [9.17, 15) is 0 Å². The molecule has 1 unspecified atom stereocenters. The fourth-order valence-corrected chi connectivity index (χ4v) is 1.68. The molecule has 0 aliphatic rings. The van der Waals surface area contributed by atoms with Crippen LogP contribution in [-0.4, -0.2) is 26.9 Å². The number of ether oxygens (including phenoxy) is 3. The van der Waals surface area contributed by atoms with Crippen molar-refractivity contribution in [3.8, 4) is 29.6 Å². The molecule has 0 spiro atoms. The molecule has 18 heavy (non-hydrogen) atoms. The lowest BCUT2D eigenvalue weighted by Crippen LogP contribution is -2.17. The average Bonchev–Trinajstić information content (AvgIpc) is 2.35. The Morgan fingerprint density at radius 2 is 1.83 bits per heavy atom. The Kier molecular flexibility index (Phi) is 5.34. The first-order valence-corrected chi connectivity index (χ1v) is 5.69. The topological polar surface area (TPSA) is 53.7 Å². The van der Waals surface area contributed by atoms with Crippen molar-refractivity contribution < 1.29 is 14.2 Å². The summed E-state index contributed by atoms with van der Waals surface area (Å²) < 4.78 is 16.0. The zero-order chi connectivity index (χ0) is 13.5. The Morgan fingerprint density at radius 1 is 1.28 bits per heavy atom. The molecule has 2 N–H and O–H groups in total. The summed E-state index contributed by atoms with van der Waals surface area (Å²) in [6.07, 6.45) is 5.92. The molecule has 0 radical (unpaired) electrons. The van der Waals surface area contributed by atoms with Gasteiger partial charge >= 0.3 is 0 Å². The van der Waals surface area contributed by atoms with Gasteiger partial charge in [-0.25, -0.2) is 0 Å². The van der Waals surface area contributed by atoms with Gasteiger partial charge in [-0.2, -0.15) is 0 Å². The fourth-order valence-electron chi connectivity index (χ4n) is 1.68. The highest BCUT2D eigenvalue weighted by Gasteiger charge is 2.14. The second-order valence-electron chi connectivity index (χ2n) is 4.00. The van der Waals surface area contributed by atoms with Crippen LogP contribution in [0.25, 0.3) is 0 Å². The van der Waals surface area contributed by atoms with E-state index in [-0.39, 0.29) is 12.6 Å². The predicted molar refractivity (Wildman–Crippen MR) is 71.2 cm³/mol. The van der Waals surface area contributed by atoms with E-state index < -0.39 is 0 Å². The summed E-state index contributed by atoms with van der Waals surface area (Å²) in [4.78, 5) is 0. The first kappa shape index (κ1) is 14.2. The van der Waals surface area contributed by atoms with Crippen molar-refractivity contribution in [1.29, 1.82) is 0 Å². The largest absolute Gasteiger partial charge is 0.493 e. The van der Waals surface area contributed by atoms with Crippen molar-refractivity contribution in [1.82, 2.24) is 0 Å². The van der Waals surface area contributed by atoms with E-state index in [4.69, 9.17) is 26.4 Å². The zero-order valence-electron chi connectivity index (χ0n) is 11.0. The van der Waals surface area contributed by atoms with Gasteiger partial charge in [0.2, 0.25) is 5.75 Å². The molecular formula is C14H19NO3. The van der Waals surface area contributed by atoms with Gasteiger partial charge in [0.1, 0.15) is 6.61 Å². The third-order valence-corrected chi connectivity index (χ3v) is 2.38. The fraction of sp³-hybridized carbons (Fsp3) is 0.429. The predicted octanol–water partition coefficient (Wildman–Crippen LogP) is 1.61. The lowest BCUT2D eigenvalue weighted by atomic mass is 10.1. The van der Waals surface area contributed by atoms with Crippen molar-refractivity contribution in [2.45, 2.75) is 19.4 Å².